The number of thiazole rings is 1. The fourth-order valence-corrected chi connectivity index (χ4v) is 8.58. The molecule has 8 rings (SSSR count). The monoisotopic (exact) mass is 625 g/mol. The van der Waals surface area contributed by atoms with Crippen LogP contribution in [0.2, 0.25) is 10.0 Å². The Kier molecular flexibility index (Phi) is 6.68. The van der Waals surface area contributed by atoms with E-state index >= 15 is 0 Å². The average Bonchev–Trinajstić information content (AvgIpc) is 3.49. The predicted molar refractivity (Wildman–Crippen MR) is 161 cm³/mol. The van der Waals surface area contributed by atoms with Crippen LogP contribution in [0.4, 0.5) is 5.13 Å². The number of rotatable bonds is 8. The zero-order valence-electron chi connectivity index (χ0n) is 22.7. The first-order valence-electron chi connectivity index (χ1n) is 14.5. The summed E-state index contributed by atoms with van der Waals surface area (Å²) < 4.78 is 14.9. The molecular weight excluding hydrogens is 597 g/mol. The topological polar surface area (TPSA) is 103 Å². The zero-order valence-corrected chi connectivity index (χ0v) is 25.0. The van der Waals surface area contributed by atoms with Gasteiger partial charge in [0.1, 0.15) is 5.69 Å². The van der Waals surface area contributed by atoms with Gasteiger partial charge in [0.05, 0.1) is 56.5 Å². The van der Waals surface area contributed by atoms with E-state index in [1.54, 1.807) is 28.2 Å². The van der Waals surface area contributed by atoms with E-state index in [2.05, 4.69) is 15.2 Å². The Hall–Kier alpha value is -2.76. The van der Waals surface area contributed by atoms with Crippen molar-refractivity contribution in [3.63, 3.8) is 0 Å². The molecule has 42 heavy (non-hydrogen) atoms. The maximum absolute atomic E-state index is 11.9. The van der Waals surface area contributed by atoms with Gasteiger partial charge in [-0.2, -0.15) is 0 Å². The molecule has 218 valence electrons. The molecule has 0 radical (unpaired) electrons. The Morgan fingerprint density at radius 1 is 1.14 bits per heavy atom. The average molecular weight is 627 g/mol. The second-order valence-electron chi connectivity index (χ2n) is 11.8. The summed E-state index contributed by atoms with van der Waals surface area (Å²) in [5.41, 5.74) is 4.77. The SMILES string of the molecule is O=C(O)c1cc(C2CCOC2)c2nc(N3C[C@@H]4C[C@H]3C[C@H]4OCc3c(C4CC4)nnn3-c3c(Cl)cccc3Cl)sc2c1. The van der Waals surface area contributed by atoms with Gasteiger partial charge in [-0.1, -0.05) is 45.8 Å². The highest BCUT2D eigenvalue weighted by molar-refractivity contribution is 7.22. The molecule has 1 unspecified atom stereocenters. The molecule has 2 saturated heterocycles. The number of benzene rings is 2. The molecule has 4 aromatic rings. The van der Waals surface area contributed by atoms with Gasteiger partial charge in [0.2, 0.25) is 0 Å². The molecule has 12 heteroatoms. The summed E-state index contributed by atoms with van der Waals surface area (Å²) in [4.78, 5) is 19.3. The Morgan fingerprint density at radius 3 is 2.67 bits per heavy atom. The normalized spacial score (nSPS) is 25.2. The summed E-state index contributed by atoms with van der Waals surface area (Å²) in [7, 11) is 0. The lowest BCUT2D eigenvalue weighted by Gasteiger charge is -2.31. The number of halogens is 2. The standard InChI is InChI=1S/C30H29Cl2N5O4S/c31-21-2-1-3-22(32)28(21)37-23(26(34-35-37)15-4-5-15)14-41-24-11-19-8-18(24)12-36(19)30-33-27-20(16-6-7-40-13-16)9-17(29(38)39)10-25(27)42-30/h1-3,9-10,15-16,18-19,24H,4-8,11-14H2,(H,38,39)/t16?,18-,19-,24+/m0/s1. The number of anilines is 1. The van der Waals surface area contributed by atoms with E-state index in [1.807, 2.05) is 18.2 Å². The highest BCUT2D eigenvalue weighted by atomic mass is 35.5. The van der Waals surface area contributed by atoms with Gasteiger partial charge in [0, 0.05) is 36.9 Å². The lowest BCUT2D eigenvalue weighted by molar-refractivity contribution is 0.00991. The van der Waals surface area contributed by atoms with Crippen molar-refractivity contribution in [3.05, 3.63) is 62.9 Å². The van der Waals surface area contributed by atoms with E-state index in [-0.39, 0.29) is 12.0 Å². The summed E-state index contributed by atoms with van der Waals surface area (Å²) in [5, 5.41) is 20.7. The van der Waals surface area contributed by atoms with Crippen LogP contribution in [-0.4, -0.2) is 63.0 Å². The van der Waals surface area contributed by atoms with E-state index in [4.69, 9.17) is 37.7 Å². The molecular formula is C30H29Cl2N5O4S. The molecule has 2 saturated carbocycles. The number of ether oxygens (including phenoxy) is 2. The summed E-state index contributed by atoms with van der Waals surface area (Å²) in [6.07, 6.45) is 5.19. The summed E-state index contributed by atoms with van der Waals surface area (Å²) >= 11 is 14.7. The van der Waals surface area contributed by atoms with Crippen molar-refractivity contribution in [1.29, 1.82) is 0 Å². The number of aromatic nitrogens is 4. The number of carboxylic acid groups (broad SMARTS) is 1. The molecule has 0 amide bonds. The number of carbonyl (C=O) groups is 1. The van der Waals surface area contributed by atoms with Crippen molar-refractivity contribution < 1.29 is 19.4 Å². The smallest absolute Gasteiger partial charge is 0.335 e. The predicted octanol–water partition coefficient (Wildman–Crippen LogP) is 6.45. The van der Waals surface area contributed by atoms with Gasteiger partial charge in [0.25, 0.3) is 0 Å². The maximum Gasteiger partial charge on any atom is 0.335 e. The Bertz CT molecular complexity index is 1680. The van der Waals surface area contributed by atoms with Crippen LogP contribution in [0, 0.1) is 5.92 Å². The lowest BCUT2D eigenvalue weighted by Crippen LogP contribution is -2.38. The van der Waals surface area contributed by atoms with Gasteiger partial charge in [-0.15, -0.1) is 5.10 Å². The minimum absolute atomic E-state index is 0.127. The van der Waals surface area contributed by atoms with Crippen molar-refractivity contribution in [2.24, 2.45) is 5.92 Å². The Labute approximate surface area is 256 Å². The molecule has 2 aromatic heterocycles. The highest BCUT2D eigenvalue weighted by Crippen LogP contribution is 2.46. The first-order valence-corrected chi connectivity index (χ1v) is 16.0. The number of piperidine rings is 1. The van der Waals surface area contributed by atoms with Crippen molar-refractivity contribution in [1.82, 2.24) is 20.0 Å². The lowest BCUT2D eigenvalue weighted by atomic mass is 9.95. The van der Waals surface area contributed by atoms with Crippen LogP contribution in [0.25, 0.3) is 15.9 Å². The van der Waals surface area contributed by atoms with Crippen LogP contribution >= 0.6 is 34.5 Å². The molecule has 4 fully saturated rings. The molecule has 4 atom stereocenters. The molecule has 0 spiro atoms. The highest BCUT2D eigenvalue weighted by Gasteiger charge is 2.46. The number of carboxylic acids is 1. The quantitative estimate of drug-likeness (QED) is 0.238. The van der Waals surface area contributed by atoms with E-state index in [0.29, 0.717) is 59.0 Å². The molecule has 2 aliphatic heterocycles. The number of aromatic carboxylic acids is 1. The number of para-hydroxylation sites is 1. The molecule has 2 bridgehead atoms. The molecule has 2 aliphatic carbocycles. The van der Waals surface area contributed by atoms with Crippen LogP contribution in [0.15, 0.2) is 30.3 Å². The number of hydrogen-bond donors (Lipinski definition) is 1. The Morgan fingerprint density at radius 2 is 1.98 bits per heavy atom. The van der Waals surface area contributed by atoms with Gasteiger partial charge in [-0.25, -0.2) is 14.5 Å². The van der Waals surface area contributed by atoms with Gasteiger partial charge < -0.3 is 19.5 Å². The van der Waals surface area contributed by atoms with Gasteiger partial charge in [-0.3, -0.25) is 0 Å². The third-order valence-electron chi connectivity index (χ3n) is 9.19. The van der Waals surface area contributed by atoms with Crippen molar-refractivity contribution in [3.8, 4) is 5.69 Å². The summed E-state index contributed by atoms with van der Waals surface area (Å²) in [5.74, 6) is 0.0662. The second-order valence-corrected chi connectivity index (χ2v) is 13.7. The van der Waals surface area contributed by atoms with Crippen molar-refractivity contribution in [2.45, 2.75) is 62.7 Å². The largest absolute Gasteiger partial charge is 0.478 e. The van der Waals surface area contributed by atoms with E-state index in [9.17, 15) is 9.90 Å². The third-order valence-corrected chi connectivity index (χ3v) is 10.8. The van der Waals surface area contributed by atoms with Crippen molar-refractivity contribution in [2.75, 3.05) is 24.7 Å². The molecule has 9 nitrogen and oxygen atoms in total. The zero-order chi connectivity index (χ0) is 28.5. The number of nitrogens with zero attached hydrogens (tertiary/aromatic N) is 5. The first-order chi connectivity index (χ1) is 20.4. The van der Waals surface area contributed by atoms with E-state index in [0.717, 1.165) is 70.9 Å². The van der Waals surface area contributed by atoms with Gasteiger partial charge in [-0.05, 0) is 61.9 Å². The van der Waals surface area contributed by atoms with Crippen molar-refractivity contribution >= 4 is 55.9 Å². The summed E-state index contributed by atoms with van der Waals surface area (Å²) in [6, 6.07) is 9.33. The minimum atomic E-state index is -0.912. The van der Waals surface area contributed by atoms with Crippen LogP contribution in [-0.2, 0) is 16.1 Å². The second kappa shape index (κ2) is 10.4. The Balaban J connectivity index is 1.02. The van der Waals surface area contributed by atoms with E-state index in [1.165, 1.54) is 0 Å². The van der Waals surface area contributed by atoms with Gasteiger partial charge >= 0.3 is 5.97 Å². The number of hydrogen-bond acceptors (Lipinski definition) is 8. The first kappa shape index (κ1) is 26.8. The van der Waals surface area contributed by atoms with Crippen LogP contribution in [0.5, 0.6) is 0 Å². The third kappa shape index (κ3) is 4.59. The number of fused-ring (bicyclic) bond motifs is 3. The molecule has 4 aliphatic rings. The van der Waals surface area contributed by atoms with Crippen LogP contribution in [0.1, 0.15) is 71.2 Å². The molecule has 4 heterocycles. The van der Waals surface area contributed by atoms with Crippen LogP contribution < -0.4 is 4.90 Å². The van der Waals surface area contributed by atoms with Crippen LogP contribution in [0.3, 0.4) is 0 Å². The molecule has 1 N–H and O–H groups in total. The minimum Gasteiger partial charge on any atom is -0.478 e. The van der Waals surface area contributed by atoms with Gasteiger partial charge in [0.15, 0.2) is 5.13 Å². The van der Waals surface area contributed by atoms with E-state index < -0.39 is 5.97 Å². The fraction of sp³-hybridized carbons (Fsp3) is 0.467. The fourth-order valence-electron chi connectivity index (χ4n) is 6.91. The molecule has 2 aromatic carbocycles. The summed E-state index contributed by atoms with van der Waals surface area (Å²) in [6.45, 7) is 2.58. The maximum atomic E-state index is 11.9.